The highest BCUT2D eigenvalue weighted by Gasteiger charge is 2.34. The molecule has 0 aromatic carbocycles. The van der Waals surface area contributed by atoms with Crippen molar-refractivity contribution < 1.29 is 33.7 Å². The van der Waals surface area contributed by atoms with Crippen LogP contribution >= 0.6 is 0 Å². The summed E-state index contributed by atoms with van der Waals surface area (Å²) in [5.41, 5.74) is 7.02. The summed E-state index contributed by atoms with van der Waals surface area (Å²) < 4.78 is 16.8. The standard InChI is InChI=1S/C30H44N2O7/c1-16-10-9-11-25(37-7)28(39-30(31)36)20(5)13-18(3)21(6)17(2)12-19(4)27(38-8)23-14-22(33)15-24(26(23)34)32-29(16)35/h9-11,13-15,17-19,21,25-28,34H,12H2,1-8H3,(H2,31,36)(H,32,35)/b11-9-,16-10+,20-13+/t17-,18-,19-,21-,25-,26?,27+,28-/m0/s1. The van der Waals surface area contributed by atoms with Crippen molar-refractivity contribution in [2.24, 2.45) is 29.4 Å². The van der Waals surface area contributed by atoms with Gasteiger partial charge in [0.2, 0.25) is 0 Å². The van der Waals surface area contributed by atoms with Gasteiger partial charge in [-0.25, -0.2) is 4.79 Å². The van der Waals surface area contributed by atoms with Crippen LogP contribution in [0, 0.1) is 23.7 Å². The van der Waals surface area contributed by atoms with Gasteiger partial charge in [0.15, 0.2) is 11.9 Å². The molecule has 4 N–H and O–H groups in total. The molecule has 39 heavy (non-hydrogen) atoms. The smallest absolute Gasteiger partial charge is 0.405 e. The highest BCUT2D eigenvalue weighted by molar-refractivity contribution is 6.03. The molecule has 0 saturated carbocycles. The van der Waals surface area contributed by atoms with E-state index < -0.39 is 36.4 Å². The Hall–Kier alpha value is -3.01. The monoisotopic (exact) mass is 544 g/mol. The predicted octanol–water partition coefficient (Wildman–Crippen LogP) is 3.75. The lowest BCUT2D eigenvalue weighted by Gasteiger charge is -2.34. The molecule has 0 radical (unpaired) electrons. The van der Waals surface area contributed by atoms with E-state index in [0.29, 0.717) is 11.1 Å². The second-order valence-electron chi connectivity index (χ2n) is 10.8. The number of hydrogen-bond acceptors (Lipinski definition) is 7. The number of fused-ring (bicyclic) bond motifs is 2. The van der Waals surface area contributed by atoms with Crippen LogP contribution in [0.25, 0.3) is 0 Å². The highest BCUT2D eigenvalue weighted by Crippen LogP contribution is 2.34. The average molecular weight is 545 g/mol. The molecule has 216 valence electrons. The van der Waals surface area contributed by atoms with Crippen molar-refractivity contribution in [1.82, 2.24) is 5.32 Å². The minimum atomic E-state index is -1.19. The summed E-state index contributed by atoms with van der Waals surface area (Å²) in [5.74, 6) is -0.247. The number of carbonyl (C=O) groups excluding carboxylic acids is 3. The van der Waals surface area contributed by atoms with Gasteiger partial charge < -0.3 is 30.4 Å². The molecule has 1 heterocycles. The number of aliphatic hydroxyl groups is 1. The minimum absolute atomic E-state index is 0.0368. The summed E-state index contributed by atoms with van der Waals surface area (Å²) >= 11 is 0. The molecule has 8 atom stereocenters. The number of rotatable bonds is 3. The Kier molecular flexibility index (Phi) is 11.9. The van der Waals surface area contributed by atoms with Crippen molar-refractivity contribution in [1.29, 1.82) is 0 Å². The summed E-state index contributed by atoms with van der Waals surface area (Å²) in [4.78, 5) is 37.2. The zero-order valence-corrected chi connectivity index (χ0v) is 24.3. The number of ether oxygens (including phenoxy) is 3. The van der Waals surface area contributed by atoms with Crippen molar-refractivity contribution in [3.63, 3.8) is 0 Å². The Morgan fingerprint density at radius 2 is 1.69 bits per heavy atom. The van der Waals surface area contributed by atoms with Gasteiger partial charge in [0.25, 0.3) is 5.91 Å². The second-order valence-corrected chi connectivity index (χ2v) is 10.8. The molecule has 2 amide bonds. The maximum absolute atomic E-state index is 12.9. The molecule has 2 bridgehead atoms. The van der Waals surface area contributed by atoms with Gasteiger partial charge in [-0.2, -0.15) is 0 Å². The molecule has 1 aliphatic carbocycles. The van der Waals surface area contributed by atoms with Gasteiger partial charge >= 0.3 is 6.09 Å². The number of ketones is 1. The van der Waals surface area contributed by atoms with E-state index in [2.05, 4.69) is 32.2 Å². The maximum atomic E-state index is 12.9. The molecule has 9 nitrogen and oxygen atoms in total. The number of nitrogens with one attached hydrogen (secondary N) is 1. The third-order valence-corrected chi connectivity index (χ3v) is 7.84. The number of carbonyl (C=O) groups is 3. The fourth-order valence-electron chi connectivity index (χ4n) is 5.30. The Morgan fingerprint density at radius 1 is 1.03 bits per heavy atom. The van der Waals surface area contributed by atoms with Gasteiger partial charge in [0.05, 0.1) is 11.8 Å². The molecule has 2 aliphatic rings. The van der Waals surface area contributed by atoms with Crippen LogP contribution in [0.15, 0.2) is 58.9 Å². The van der Waals surface area contributed by atoms with E-state index in [1.165, 1.54) is 19.3 Å². The summed E-state index contributed by atoms with van der Waals surface area (Å²) in [6, 6.07) is 0. The van der Waals surface area contributed by atoms with Crippen molar-refractivity contribution in [2.45, 2.75) is 72.4 Å². The second kappa shape index (κ2) is 14.4. The lowest BCUT2D eigenvalue weighted by molar-refractivity contribution is -0.117. The average Bonchev–Trinajstić information content (AvgIpc) is 2.86. The molecule has 1 aliphatic heterocycles. The zero-order valence-electron chi connectivity index (χ0n) is 24.3. The fourth-order valence-corrected chi connectivity index (χ4v) is 5.30. The highest BCUT2D eigenvalue weighted by atomic mass is 16.6. The van der Waals surface area contributed by atoms with Gasteiger partial charge in [-0.05, 0) is 61.2 Å². The third kappa shape index (κ3) is 8.49. The van der Waals surface area contributed by atoms with Crippen molar-refractivity contribution in [3.05, 3.63) is 58.9 Å². The summed E-state index contributed by atoms with van der Waals surface area (Å²) in [5, 5.41) is 13.8. The van der Waals surface area contributed by atoms with E-state index in [9.17, 15) is 19.5 Å². The van der Waals surface area contributed by atoms with Gasteiger partial charge in [-0.3, -0.25) is 9.59 Å². The normalized spacial score (nSPS) is 36.8. The Bertz CT molecular complexity index is 1070. The van der Waals surface area contributed by atoms with E-state index in [1.54, 1.807) is 32.3 Å². The van der Waals surface area contributed by atoms with Gasteiger partial charge in [-0.1, -0.05) is 52.0 Å². The van der Waals surface area contributed by atoms with Gasteiger partial charge in [0.1, 0.15) is 12.2 Å². The Balaban J connectivity index is 2.57. The number of amides is 2. The first-order valence-corrected chi connectivity index (χ1v) is 13.3. The van der Waals surface area contributed by atoms with E-state index >= 15 is 0 Å². The van der Waals surface area contributed by atoms with Crippen LogP contribution < -0.4 is 11.1 Å². The van der Waals surface area contributed by atoms with Gasteiger partial charge in [-0.15, -0.1) is 0 Å². The van der Waals surface area contributed by atoms with E-state index in [0.717, 1.165) is 12.0 Å². The quantitative estimate of drug-likeness (QED) is 0.460. The maximum Gasteiger partial charge on any atom is 0.405 e. The molecule has 2 rings (SSSR count). The first kappa shape index (κ1) is 32.2. The van der Waals surface area contributed by atoms with E-state index in [-0.39, 0.29) is 35.2 Å². The molecule has 0 aromatic rings. The summed E-state index contributed by atoms with van der Waals surface area (Å²) in [7, 11) is 3.05. The number of allylic oxidation sites excluding steroid dienone is 5. The lowest BCUT2D eigenvalue weighted by atomic mass is 9.77. The molecule has 9 heteroatoms. The first-order valence-electron chi connectivity index (χ1n) is 13.3. The Labute approximate surface area is 231 Å². The fraction of sp³-hybridized carbons (Fsp3) is 0.567. The van der Waals surface area contributed by atoms with Crippen LogP contribution in [0.2, 0.25) is 0 Å². The molecule has 0 aromatic heterocycles. The van der Waals surface area contributed by atoms with Crippen LogP contribution in [0.3, 0.4) is 0 Å². The summed E-state index contributed by atoms with van der Waals surface area (Å²) in [6.07, 6.45) is 6.28. The topological polar surface area (TPSA) is 137 Å². The number of primary amides is 1. The van der Waals surface area contributed by atoms with Crippen LogP contribution in [0.1, 0.15) is 48.0 Å². The van der Waals surface area contributed by atoms with Crippen LogP contribution in [0.4, 0.5) is 4.79 Å². The predicted molar refractivity (Wildman–Crippen MR) is 149 cm³/mol. The van der Waals surface area contributed by atoms with Crippen LogP contribution in [0.5, 0.6) is 0 Å². The minimum Gasteiger partial charge on any atom is -0.439 e. The van der Waals surface area contributed by atoms with Crippen molar-refractivity contribution >= 4 is 17.8 Å². The van der Waals surface area contributed by atoms with E-state index in [4.69, 9.17) is 19.9 Å². The third-order valence-electron chi connectivity index (χ3n) is 7.84. The number of nitrogens with two attached hydrogens (primary N) is 1. The van der Waals surface area contributed by atoms with Gasteiger partial charge in [0, 0.05) is 25.9 Å². The molecule has 0 spiro atoms. The lowest BCUT2D eigenvalue weighted by Crippen LogP contribution is -2.39. The van der Waals surface area contributed by atoms with Crippen LogP contribution in [-0.4, -0.2) is 61.5 Å². The number of aliphatic hydroxyl groups excluding tert-OH is 1. The number of hydrogen-bond donors (Lipinski definition) is 3. The molecular formula is C30H44N2O7. The Morgan fingerprint density at radius 3 is 2.28 bits per heavy atom. The van der Waals surface area contributed by atoms with E-state index in [1.807, 2.05) is 13.8 Å². The van der Waals surface area contributed by atoms with Crippen LogP contribution in [-0.2, 0) is 23.8 Å². The van der Waals surface area contributed by atoms with Crippen molar-refractivity contribution in [2.75, 3.05) is 14.2 Å². The zero-order chi connectivity index (χ0) is 29.4. The molecule has 1 unspecified atom stereocenters. The van der Waals surface area contributed by atoms with Crippen molar-refractivity contribution in [3.8, 4) is 0 Å². The molecule has 0 fully saturated rings. The largest absolute Gasteiger partial charge is 0.439 e. The molecular weight excluding hydrogens is 500 g/mol. The number of methoxy groups -OCH3 is 2. The first-order chi connectivity index (χ1) is 18.3. The summed E-state index contributed by atoms with van der Waals surface area (Å²) in [6.45, 7) is 11.9. The SMILES string of the molecule is CO[C@H]1/C=C\C=C(/C)C(=O)NC2=CC(=O)C=C(C2O)[C@H](OC)[C@@H](C)C[C@H](C)[C@H](C)[C@@H](C)/C=C(\C)[C@@H]1OC(N)=O. The molecule has 0 saturated heterocycles.